The standard InChI is InChI=1S/C12H18F8O/c1-2-3-4-5-6-7-9(13,14)11(17,18)12(19,20)10(15,16)8-21/h21H,2-8H2,1H3. The van der Waals surface area contributed by atoms with Crippen molar-refractivity contribution in [2.24, 2.45) is 0 Å². The summed E-state index contributed by atoms with van der Waals surface area (Å²) in [6.45, 7) is -0.831. The third-order valence-corrected chi connectivity index (χ3v) is 3.11. The van der Waals surface area contributed by atoms with Crippen LogP contribution >= 0.6 is 0 Å². The van der Waals surface area contributed by atoms with Crippen molar-refractivity contribution in [2.75, 3.05) is 6.61 Å². The lowest BCUT2D eigenvalue weighted by molar-refractivity contribution is -0.371. The molecule has 0 atom stereocenters. The van der Waals surface area contributed by atoms with Crippen molar-refractivity contribution in [3.05, 3.63) is 0 Å². The van der Waals surface area contributed by atoms with E-state index >= 15 is 0 Å². The van der Waals surface area contributed by atoms with Crippen LogP contribution in [0.25, 0.3) is 0 Å². The van der Waals surface area contributed by atoms with Crippen LogP contribution in [-0.4, -0.2) is 35.4 Å². The van der Waals surface area contributed by atoms with Gasteiger partial charge in [-0.2, -0.15) is 35.1 Å². The molecule has 0 saturated carbocycles. The Hall–Kier alpha value is -0.600. The Morgan fingerprint density at radius 3 is 1.52 bits per heavy atom. The highest BCUT2D eigenvalue weighted by Gasteiger charge is 2.79. The predicted octanol–water partition coefficient (Wildman–Crippen LogP) is 4.88. The third-order valence-electron chi connectivity index (χ3n) is 3.11. The molecule has 0 radical (unpaired) electrons. The molecule has 9 heteroatoms. The lowest BCUT2D eigenvalue weighted by atomic mass is 9.95. The van der Waals surface area contributed by atoms with E-state index in [0.29, 0.717) is 12.8 Å². The Balaban J connectivity index is 4.93. The van der Waals surface area contributed by atoms with Crippen LogP contribution in [0.5, 0.6) is 0 Å². The van der Waals surface area contributed by atoms with Crippen LogP contribution in [0.4, 0.5) is 35.1 Å². The Labute approximate surface area is 117 Å². The van der Waals surface area contributed by atoms with Crippen molar-refractivity contribution >= 4 is 0 Å². The fourth-order valence-electron chi connectivity index (χ4n) is 1.67. The van der Waals surface area contributed by atoms with E-state index in [1.165, 1.54) is 0 Å². The molecule has 0 heterocycles. The number of aliphatic hydroxyl groups is 1. The van der Waals surface area contributed by atoms with Gasteiger partial charge in [0.05, 0.1) is 0 Å². The molecule has 0 unspecified atom stereocenters. The van der Waals surface area contributed by atoms with Gasteiger partial charge in [0.2, 0.25) is 0 Å². The van der Waals surface area contributed by atoms with Crippen molar-refractivity contribution in [1.29, 1.82) is 0 Å². The van der Waals surface area contributed by atoms with Crippen molar-refractivity contribution < 1.29 is 40.2 Å². The fourth-order valence-corrected chi connectivity index (χ4v) is 1.67. The van der Waals surface area contributed by atoms with Gasteiger partial charge >= 0.3 is 23.7 Å². The van der Waals surface area contributed by atoms with Gasteiger partial charge in [-0.25, -0.2) is 0 Å². The predicted molar refractivity (Wildman–Crippen MR) is 60.2 cm³/mol. The molecule has 0 amide bonds. The Morgan fingerprint density at radius 1 is 0.667 bits per heavy atom. The quantitative estimate of drug-likeness (QED) is 0.447. The lowest BCUT2D eigenvalue weighted by Gasteiger charge is -2.36. The van der Waals surface area contributed by atoms with Gasteiger partial charge in [0, 0.05) is 6.42 Å². The van der Waals surface area contributed by atoms with Gasteiger partial charge in [0.1, 0.15) is 6.61 Å². The molecule has 21 heavy (non-hydrogen) atoms. The van der Waals surface area contributed by atoms with Crippen LogP contribution in [0.2, 0.25) is 0 Å². The molecule has 0 saturated heterocycles. The monoisotopic (exact) mass is 330 g/mol. The van der Waals surface area contributed by atoms with Crippen molar-refractivity contribution in [1.82, 2.24) is 0 Å². The summed E-state index contributed by atoms with van der Waals surface area (Å²) in [5, 5.41) is 8.02. The number of rotatable bonds is 10. The van der Waals surface area contributed by atoms with Crippen LogP contribution in [-0.2, 0) is 0 Å². The topological polar surface area (TPSA) is 20.2 Å². The maximum atomic E-state index is 13.2. The molecule has 1 nitrogen and oxygen atoms in total. The zero-order valence-electron chi connectivity index (χ0n) is 11.4. The highest BCUT2D eigenvalue weighted by molar-refractivity contribution is 5.03. The number of hydrogen-bond acceptors (Lipinski definition) is 1. The summed E-state index contributed by atoms with van der Waals surface area (Å²) in [5.41, 5.74) is 0. The molecule has 0 spiro atoms. The van der Waals surface area contributed by atoms with Crippen molar-refractivity contribution in [2.45, 2.75) is 69.1 Å². The first-order chi connectivity index (χ1) is 9.37. The minimum Gasteiger partial charge on any atom is -0.390 e. The summed E-state index contributed by atoms with van der Waals surface area (Å²) in [6.07, 6.45) is -0.110. The summed E-state index contributed by atoms with van der Waals surface area (Å²) >= 11 is 0. The van der Waals surface area contributed by atoms with Gasteiger partial charge in [-0.15, -0.1) is 0 Å². The summed E-state index contributed by atoms with van der Waals surface area (Å²) in [6, 6.07) is 0. The molecular weight excluding hydrogens is 312 g/mol. The molecule has 0 fully saturated rings. The highest BCUT2D eigenvalue weighted by atomic mass is 19.4. The van der Waals surface area contributed by atoms with E-state index in [4.69, 9.17) is 5.11 Å². The van der Waals surface area contributed by atoms with Crippen LogP contribution < -0.4 is 0 Å². The number of aliphatic hydroxyl groups excluding tert-OH is 1. The first-order valence-electron chi connectivity index (χ1n) is 6.49. The largest absolute Gasteiger partial charge is 0.390 e. The SMILES string of the molecule is CCCCCCCC(F)(F)C(F)(F)C(F)(F)C(F)(F)CO. The fraction of sp³-hybridized carbons (Fsp3) is 1.00. The zero-order chi connectivity index (χ0) is 16.9. The molecule has 1 N–H and O–H groups in total. The zero-order valence-corrected chi connectivity index (χ0v) is 11.4. The van der Waals surface area contributed by atoms with Crippen LogP contribution in [0, 0.1) is 0 Å². The first-order valence-corrected chi connectivity index (χ1v) is 6.49. The summed E-state index contributed by atoms with van der Waals surface area (Å²) in [5.74, 6) is -23.5. The molecule has 128 valence electrons. The van der Waals surface area contributed by atoms with Crippen LogP contribution in [0.3, 0.4) is 0 Å². The molecule has 0 aliphatic heterocycles. The minimum atomic E-state index is -6.35. The molecule has 0 aromatic rings. The number of halogens is 8. The molecular formula is C12H18F8O. The van der Waals surface area contributed by atoms with Crippen molar-refractivity contribution in [3.63, 3.8) is 0 Å². The number of alkyl halides is 8. The van der Waals surface area contributed by atoms with Gasteiger partial charge < -0.3 is 5.11 Å². The van der Waals surface area contributed by atoms with E-state index in [2.05, 4.69) is 0 Å². The van der Waals surface area contributed by atoms with Gasteiger partial charge in [-0.05, 0) is 6.42 Å². The number of hydrogen-bond donors (Lipinski definition) is 1. The first kappa shape index (κ1) is 20.4. The lowest BCUT2D eigenvalue weighted by Crippen LogP contribution is -2.63. The average molecular weight is 330 g/mol. The van der Waals surface area contributed by atoms with Gasteiger partial charge in [0.15, 0.2) is 0 Å². The summed E-state index contributed by atoms with van der Waals surface area (Å²) in [4.78, 5) is 0. The summed E-state index contributed by atoms with van der Waals surface area (Å²) in [7, 11) is 0. The molecule has 0 aliphatic rings. The summed E-state index contributed by atoms with van der Waals surface area (Å²) < 4.78 is 104. The van der Waals surface area contributed by atoms with Gasteiger partial charge in [-0.1, -0.05) is 32.6 Å². The second kappa shape index (κ2) is 7.11. The van der Waals surface area contributed by atoms with E-state index < -0.39 is 43.1 Å². The van der Waals surface area contributed by atoms with E-state index in [9.17, 15) is 35.1 Å². The second-order valence-corrected chi connectivity index (χ2v) is 4.88. The molecule has 0 aliphatic carbocycles. The van der Waals surface area contributed by atoms with Gasteiger partial charge in [-0.3, -0.25) is 0 Å². The molecule has 0 rings (SSSR count). The molecule has 0 bridgehead atoms. The van der Waals surface area contributed by atoms with Crippen LogP contribution in [0.1, 0.15) is 45.4 Å². The second-order valence-electron chi connectivity index (χ2n) is 4.88. The Bertz CT molecular complexity index is 316. The Kier molecular flexibility index (Phi) is 6.90. The number of unbranched alkanes of at least 4 members (excludes halogenated alkanes) is 4. The van der Waals surface area contributed by atoms with E-state index in [-0.39, 0.29) is 6.42 Å². The maximum absolute atomic E-state index is 13.2. The van der Waals surface area contributed by atoms with Gasteiger partial charge in [0.25, 0.3) is 0 Å². The minimum absolute atomic E-state index is 0.113. The van der Waals surface area contributed by atoms with E-state index in [0.717, 1.165) is 6.42 Å². The molecule has 0 aromatic heterocycles. The normalized spacial score (nSPS) is 14.6. The maximum Gasteiger partial charge on any atom is 0.380 e. The highest BCUT2D eigenvalue weighted by Crippen LogP contribution is 2.53. The third kappa shape index (κ3) is 4.20. The van der Waals surface area contributed by atoms with E-state index in [1.54, 1.807) is 0 Å². The van der Waals surface area contributed by atoms with Crippen LogP contribution in [0.15, 0.2) is 0 Å². The Morgan fingerprint density at radius 2 is 1.10 bits per heavy atom. The smallest absolute Gasteiger partial charge is 0.380 e. The van der Waals surface area contributed by atoms with E-state index in [1.807, 2.05) is 6.92 Å². The van der Waals surface area contributed by atoms with Crippen molar-refractivity contribution in [3.8, 4) is 0 Å². The average Bonchev–Trinajstić information content (AvgIpc) is 2.37. The molecule has 0 aromatic carbocycles.